The first-order valence-electron chi connectivity index (χ1n) is 11.5. The van der Waals surface area contributed by atoms with E-state index in [1.165, 1.54) is 30.5 Å². The molecule has 1 unspecified atom stereocenters. The van der Waals surface area contributed by atoms with E-state index in [9.17, 15) is 4.79 Å². The summed E-state index contributed by atoms with van der Waals surface area (Å²) in [4.78, 5) is 14.6. The van der Waals surface area contributed by atoms with Crippen LogP contribution in [0.1, 0.15) is 13.8 Å². The summed E-state index contributed by atoms with van der Waals surface area (Å²) >= 11 is 0. The van der Waals surface area contributed by atoms with Gasteiger partial charge in [0.25, 0.3) is 0 Å². The summed E-state index contributed by atoms with van der Waals surface area (Å²) in [6.07, 6.45) is 2.99. The first kappa shape index (κ1) is 25.1. The Morgan fingerprint density at radius 2 is 1.59 bits per heavy atom. The van der Waals surface area contributed by atoms with Gasteiger partial charge in [-0.05, 0) is 56.2 Å². The minimum atomic E-state index is -0.769. The Labute approximate surface area is 228 Å². The van der Waals surface area contributed by atoms with Crippen molar-refractivity contribution in [1.29, 1.82) is 0 Å². The smallest absolute Gasteiger partial charge is 0.155 e. The molecule has 5 aromatic rings. The molecule has 0 bridgehead atoms. The first-order valence-corrected chi connectivity index (χ1v) is 12.8. The Morgan fingerprint density at radius 3 is 2.24 bits per heavy atom. The predicted molar refractivity (Wildman–Crippen MR) is 144 cm³/mol. The number of carbonyl (C=O) groups excluding carboxylic acids is 1. The summed E-state index contributed by atoms with van der Waals surface area (Å²) in [6, 6.07) is 28.4. The number of hydrogen-bond donors (Lipinski definition) is 1. The van der Waals surface area contributed by atoms with Crippen molar-refractivity contribution in [3.63, 3.8) is 0 Å². The minimum Gasteiger partial charge on any atom is -0.512 e. The molecule has 1 aromatic heterocycles. The molecule has 0 saturated carbocycles. The number of para-hydroxylation sites is 2. The molecule has 37 heavy (non-hydrogen) atoms. The van der Waals surface area contributed by atoms with E-state index in [0.717, 1.165) is 50.0 Å². The van der Waals surface area contributed by atoms with Crippen molar-refractivity contribution in [2.75, 3.05) is 0 Å². The monoisotopic (exact) mass is 683 g/mol. The zero-order valence-electron chi connectivity index (χ0n) is 20.0. The van der Waals surface area contributed by atoms with E-state index in [2.05, 4.69) is 59.6 Å². The molecular weight excluding hydrogens is 662 g/mol. The van der Waals surface area contributed by atoms with E-state index in [4.69, 9.17) is 14.6 Å². The summed E-state index contributed by atoms with van der Waals surface area (Å²) in [5, 5.41) is 15.0. The number of ketones is 1. The van der Waals surface area contributed by atoms with Gasteiger partial charge in [-0.15, -0.1) is 5.39 Å². The van der Waals surface area contributed by atoms with E-state index in [-0.39, 0.29) is 31.6 Å². The summed E-state index contributed by atoms with van der Waals surface area (Å²) in [7, 11) is -0.769. The van der Waals surface area contributed by atoms with Crippen molar-refractivity contribution in [1.82, 2.24) is 4.98 Å². The van der Waals surface area contributed by atoms with Crippen molar-refractivity contribution in [2.45, 2.75) is 13.8 Å². The molecule has 0 fully saturated rings. The van der Waals surface area contributed by atoms with Crippen molar-refractivity contribution in [2.24, 2.45) is 0 Å². The SMILES string of the molecule is CC(=O)/C=C(/C)O.[Ir].[c-]1c2c3c(c4ccc5cccnc5c14)Oc1ccccc1P3c1ccccc1O2. The molecule has 0 spiro atoms. The Bertz CT molecular complexity index is 1700. The number of nitrogens with zero attached hydrogens (tertiary/aromatic N) is 1. The quantitative estimate of drug-likeness (QED) is 0.0736. The predicted octanol–water partition coefficient (Wildman–Crippen LogP) is 6.19. The number of rotatable bonds is 1. The second-order valence-corrected chi connectivity index (χ2v) is 10.6. The number of ether oxygens (including phenoxy) is 2. The van der Waals surface area contributed by atoms with Gasteiger partial charge in [-0.25, -0.2) is 0 Å². The van der Waals surface area contributed by atoms with E-state index < -0.39 is 7.92 Å². The number of pyridine rings is 1. The first-order chi connectivity index (χ1) is 17.5. The molecule has 0 aliphatic carbocycles. The molecule has 2 aliphatic rings. The Hall–Kier alpha value is -3.56. The molecule has 1 atom stereocenters. The molecular formula is C30H21IrNO4P-. The van der Waals surface area contributed by atoms with Crippen LogP contribution in [0, 0.1) is 6.07 Å². The number of allylic oxidation sites excluding steroid dienone is 2. The van der Waals surface area contributed by atoms with Crippen LogP contribution in [0.3, 0.4) is 0 Å². The summed E-state index contributed by atoms with van der Waals surface area (Å²) in [6.45, 7) is 2.85. The van der Waals surface area contributed by atoms with E-state index in [0.29, 0.717) is 0 Å². The van der Waals surface area contributed by atoms with E-state index >= 15 is 0 Å². The van der Waals surface area contributed by atoms with Crippen LogP contribution in [0.5, 0.6) is 23.0 Å². The van der Waals surface area contributed by atoms with E-state index in [1.807, 2.05) is 30.5 Å². The third kappa shape index (κ3) is 4.42. The molecule has 1 N–H and O–H groups in total. The summed E-state index contributed by atoms with van der Waals surface area (Å²) in [5.74, 6) is 3.39. The fourth-order valence-electron chi connectivity index (χ4n) is 4.59. The maximum Gasteiger partial charge on any atom is 0.155 e. The zero-order valence-corrected chi connectivity index (χ0v) is 23.3. The van der Waals surface area contributed by atoms with Crippen LogP contribution in [-0.2, 0) is 24.9 Å². The van der Waals surface area contributed by atoms with E-state index in [1.54, 1.807) is 0 Å². The largest absolute Gasteiger partial charge is 0.512 e. The fourth-order valence-corrected chi connectivity index (χ4v) is 7.15. The van der Waals surface area contributed by atoms with Gasteiger partial charge in [-0.1, -0.05) is 66.0 Å². The standard InChI is InChI=1S/C25H13NO2P.C5H8O2.Ir/c1-3-9-21-18(7-1)27-20-14-17-16(12-11-15-6-5-13-26-23(15)17)24-25(20)29(21)22-10-4-2-8-19(22)28-24;1-4(6)3-5(2)7;/h1-13H;3,6H,1-2H3;/q-1;;/b;4-3-;. The van der Waals surface area contributed by atoms with Crippen LogP contribution in [0.25, 0.3) is 21.7 Å². The van der Waals surface area contributed by atoms with Gasteiger partial charge in [-0.3, -0.25) is 4.79 Å². The maximum absolute atomic E-state index is 10.0. The number of benzene rings is 4. The molecule has 0 saturated heterocycles. The second kappa shape index (κ2) is 10.1. The van der Waals surface area contributed by atoms with Gasteiger partial charge < -0.3 is 19.6 Å². The summed E-state index contributed by atoms with van der Waals surface area (Å²) in [5.41, 5.74) is 0.915. The normalized spacial score (nSPS) is 14.5. The molecule has 7 heteroatoms. The zero-order chi connectivity index (χ0) is 24.8. The van der Waals surface area contributed by atoms with Gasteiger partial charge in [0.2, 0.25) is 0 Å². The third-order valence-corrected chi connectivity index (χ3v) is 8.52. The number of aliphatic hydroxyl groups is 1. The molecule has 0 amide bonds. The molecule has 4 aromatic carbocycles. The summed E-state index contributed by atoms with van der Waals surface area (Å²) < 4.78 is 12.8. The van der Waals surface area contributed by atoms with Crippen LogP contribution in [0.4, 0.5) is 0 Å². The van der Waals surface area contributed by atoms with Crippen LogP contribution in [0.15, 0.2) is 90.8 Å². The number of carbonyl (C=O) groups is 1. The van der Waals surface area contributed by atoms with Gasteiger partial charge in [0.05, 0.1) is 17.3 Å². The Morgan fingerprint density at radius 1 is 0.919 bits per heavy atom. The average molecular weight is 683 g/mol. The van der Waals surface area contributed by atoms with Crippen molar-refractivity contribution in [3.05, 3.63) is 96.9 Å². The van der Waals surface area contributed by atoms with Crippen molar-refractivity contribution < 1.29 is 39.5 Å². The minimum absolute atomic E-state index is 0. The molecule has 1 radical (unpaired) electrons. The molecule has 2 aliphatic heterocycles. The number of hydrogen-bond acceptors (Lipinski definition) is 5. The maximum atomic E-state index is 10.0. The second-order valence-electron chi connectivity index (χ2n) is 8.57. The number of fused-ring (bicyclic) bond motifs is 8. The van der Waals surface area contributed by atoms with Gasteiger partial charge in [-0.2, -0.15) is 0 Å². The topological polar surface area (TPSA) is 68.7 Å². The van der Waals surface area contributed by atoms with Crippen LogP contribution >= 0.6 is 7.92 Å². The number of aliphatic hydroxyl groups excluding tert-OH is 1. The van der Waals surface area contributed by atoms with Gasteiger partial charge >= 0.3 is 0 Å². The van der Waals surface area contributed by atoms with Crippen molar-refractivity contribution in [3.8, 4) is 23.0 Å². The third-order valence-electron chi connectivity index (χ3n) is 5.96. The van der Waals surface area contributed by atoms with Crippen LogP contribution < -0.4 is 25.4 Å². The molecule has 7 rings (SSSR count). The average Bonchev–Trinajstić information content (AvgIpc) is 2.88. The van der Waals surface area contributed by atoms with Crippen LogP contribution in [0.2, 0.25) is 0 Å². The molecule has 185 valence electrons. The molecule has 3 heterocycles. The number of aromatic nitrogens is 1. The Kier molecular flexibility index (Phi) is 6.83. The van der Waals surface area contributed by atoms with Gasteiger partial charge in [0, 0.05) is 43.0 Å². The van der Waals surface area contributed by atoms with Gasteiger partial charge in [0.15, 0.2) is 5.78 Å². The van der Waals surface area contributed by atoms with Crippen molar-refractivity contribution >= 4 is 51.3 Å². The Balaban J connectivity index is 0.000000313. The molecule has 5 nitrogen and oxygen atoms in total. The van der Waals surface area contributed by atoms with Crippen LogP contribution in [-0.4, -0.2) is 15.9 Å². The van der Waals surface area contributed by atoms with Gasteiger partial charge in [0.1, 0.15) is 11.5 Å². The fraction of sp³-hybridized carbons (Fsp3) is 0.0667.